The van der Waals surface area contributed by atoms with Crippen molar-refractivity contribution in [3.63, 3.8) is 0 Å². The van der Waals surface area contributed by atoms with E-state index in [1.54, 1.807) is 26.0 Å². The van der Waals surface area contributed by atoms with Crippen LogP contribution in [0.3, 0.4) is 0 Å². The van der Waals surface area contributed by atoms with Gasteiger partial charge in [-0.3, -0.25) is 4.79 Å². The highest BCUT2D eigenvalue weighted by Crippen LogP contribution is 2.34. The molecule has 2 N–H and O–H groups in total. The predicted octanol–water partition coefficient (Wildman–Crippen LogP) is 4.95. The molecule has 190 valence electrons. The summed E-state index contributed by atoms with van der Waals surface area (Å²) in [5, 5.41) is 22.8. The Balaban J connectivity index is 3.14. The van der Waals surface area contributed by atoms with Crippen molar-refractivity contribution in [3.05, 3.63) is 35.4 Å². The standard InChI is InChI=1S/C27H46O6/c1-8-12-13-20(9-2)18-31-19-23(28)27(30,25(32-10-3)33-11-4)24(29)21-14-16-22(17-15-21)26(5,6)7/h14-17,20,24-25,29-30H,8-13,18-19H2,1-7H3. The van der Waals surface area contributed by atoms with Gasteiger partial charge >= 0.3 is 0 Å². The van der Waals surface area contributed by atoms with Crippen LogP contribution in [-0.4, -0.2) is 54.3 Å². The SMILES string of the molecule is CCCCC(CC)COCC(=O)C(O)(C(OCC)OCC)C(O)c1ccc(C(C)(C)C)cc1. The smallest absolute Gasteiger partial charge is 0.206 e. The minimum atomic E-state index is -2.31. The van der Waals surface area contributed by atoms with Gasteiger partial charge in [0.05, 0.1) is 0 Å². The molecule has 3 atom stereocenters. The molecule has 0 aliphatic carbocycles. The molecule has 0 amide bonds. The zero-order valence-corrected chi connectivity index (χ0v) is 21.7. The summed E-state index contributed by atoms with van der Waals surface area (Å²) in [5.41, 5.74) is -0.866. The van der Waals surface area contributed by atoms with Gasteiger partial charge in [0, 0.05) is 19.8 Å². The molecule has 0 aliphatic heterocycles. The number of unbranched alkanes of at least 4 members (excludes halogenated alkanes) is 1. The maximum absolute atomic E-state index is 13.3. The van der Waals surface area contributed by atoms with E-state index in [-0.39, 0.29) is 25.2 Å². The topological polar surface area (TPSA) is 85.2 Å². The van der Waals surface area contributed by atoms with Crippen molar-refractivity contribution in [1.82, 2.24) is 0 Å². The highest BCUT2D eigenvalue weighted by atomic mass is 16.7. The van der Waals surface area contributed by atoms with Crippen molar-refractivity contribution >= 4 is 5.78 Å². The maximum Gasteiger partial charge on any atom is 0.206 e. The molecule has 6 heteroatoms. The molecule has 0 spiro atoms. The normalized spacial score (nSPS) is 15.9. The van der Waals surface area contributed by atoms with Crippen molar-refractivity contribution < 1.29 is 29.2 Å². The Kier molecular flexibility index (Phi) is 12.8. The molecule has 0 aliphatic rings. The summed E-state index contributed by atoms with van der Waals surface area (Å²) in [7, 11) is 0. The van der Waals surface area contributed by atoms with E-state index in [1.165, 1.54) is 0 Å². The molecule has 3 unspecified atom stereocenters. The minimum absolute atomic E-state index is 0.0593. The number of hydrogen-bond acceptors (Lipinski definition) is 6. The highest BCUT2D eigenvalue weighted by molar-refractivity contribution is 5.89. The fourth-order valence-electron chi connectivity index (χ4n) is 3.77. The van der Waals surface area contributed by atoms with Crippen LogP contribution in [0.15, 0.2) is 24.3 Å². The molecule has 0 radical (unpaired) electrons. The van der Waals surface area contributed by atoms with Gasteiger partial charge in [-0.25, -0.2) is 0 Å². The third-order valence-electron chi connectivity index (χ3n) is 6.08. The first-order chi connectivity index (χ1) is 15.6. The molecular weight excluding hydrogens is 420 g/mol. The van der Waals surface area contributed by atoms with Crippen molar-refractivity contribution in [2.24, 2.45) is 5.92 Å². The van der Waals surface area contributed by atoms with Gasteiger partial charge in [-0.05, 0) is 42.7 Å². The van der Waals surface area contributed by atoms with Crippen LogP contribution in [0.5, 0.6) is 0 Å². The minimum Gasteiger partial charge on any atom is -0.385 e. The zero-order chi connectivity index (χ0) is 25.1. The molecule has 0 bridgehead atoms. The van der Waals surface area contributed by atoms with Crippen LogP contribution in [0.1, 0.15) is 91.4 Å². The van der Waals surface area contributed by atoms with Gasteiger partial charge < -0.3 is 24.4 Å². The van der Waals surface area contributed by atoms with Crippen LogP contribution in [-0.2, 0) is 24.4 Å². The molecule has 33 heavy (non-hydrogen) atoms. The molecule has 0 saturated heterocycles. The average molecular weight is 467 g/mol. The molecule has 0 aromatic heterocycles. The van der Waals surface area contributed by atoms with E-state index in [2.05, 4.69) is 34.6 Å². The Labute approximate surface area is 200 Å². The van der Waals surface area contributed by atoms with Gasteiger partial charge in [0.1, 0.15) is 12.7 Å². The number of Topliss-reactive ketones (excluding diaryl/α,β-unsaturated/α-hetero) is 1. The number of hydrogen-bond donors (Lipinski definition) is 2. The van der Waals surface area contributed by atoms with Gasteiger partial charge in [-0.1, -0.05) is 78.1 Å². The van der Waals surface area contributed by atoms with Crippen LogP contribution in [0, 0.1) is 5.92 Å². The molecule has 1 aromatic rings. The Bertz CT molecular complexity index is 675. The summed E-state index contributed by atoms with van der Waals surface area (Å²) >= 11 is 0. The molecule has 0 fully saturated rings. The second-order valence-corrected chi connectivity index (χ2v) is 9.70. The second kappa shape index (κ2) is 14.2. The third-order valence-corrected chi connectivity index (χ3v) is 6.08. The number of ether oxygens (including phenoxy) is 3. The molecule has 1 rings (SSSR count). The monoisotopic (exact) mass is 466 g/mol. The summed E-state index contributed by atoms with van der Waals surface area (Å²) < 4.78 is 16.9. The van der Waals surface area contributed by atoms with Gasteiger partial charge in [-0.15, -0.1) is 0 Å². The number of carbonyl (C=O) groups excluding carboxylic acids is 1. The van der Waals surface area contributed by atoms with Gasteiger partial charge in [0.25, 0.3) is 0 Å². The number of aliphatic hydroxyl groups excluding tert-OH is 1. The largest absolute Gasteiger partial charge is 0.385 e. The summed E-state index contributed by atoms with van der Waals surface area (Å²) in [6, 6.07) is 7.26. The lowest BCUT2D eigenvalue weighted by Gasteiger charge is -2.37. The lowest BCUT2D eigenvalue weighted by Crippen LogP contribution is -2.57. The van der Waals surface area contributed by atoms with Crippen molar-refractivity contribution in [3.8, 4) is 0 Å². The number of ketones is 1. The number of carbonyl (C=O) groups is 1. The van der Waals surface area contributed by atoms with Crippen molar-refractivity contribution in [2.45, 2.75) is 97.6 Å². The molecule has 1 aromatic carbocycles. The molecule has 6 nitrogen and oxygen atoms in total. The summed E-state index contributed by atoms with van der Waals surface area (Å²) in [6.07, 6.45) is 1.37. The van der Waals surface area contributed by atoms with E-state index in [4.69, 9.17) is 14.2 Å². The van der Waals surface area contributed by atoms with Crippen molar-refractivity contribution in [1.29, 1.82) is 0 Å². The van der Waals surface area contributed by atoms with Crippen LogP contribution in [0.25, 0.3) is 0 Å². The van der Waals surface area contributed by atoms with E-state index in [0.29, 0.717) is 18.1 Å². The molecule has 0 saturated carbocycles. The van der Waals surface area contributed by atoms with Gasteiger partial charge in [-0.2, -0.15) is 0 Å². The zero-order valence-electron chi connectivity index (χ0n) is 21.7. The summed E-state index contributed by atoms with van der Waals surface area (Å²) in [4.78, 5) is 13.3. The first kappa shape index (κ1) is 29.7. The van der Waals surface area contributed by atoms with Crippen LogP contribution in [0.4, 0.5) is 0 Å². The third kappa shape index (κ3) is 8.45. The average Bonchev–Trinajstić information content (AvgIpc) is 2.79. The first-order valence-electron chi connectivity index (χ1n) is 12.4. The van der Waals surface area contributed by atoms with Gasteiger partial charge in [0.2, 0.25) is 5.60 Å². The van der Waals surface area contributed by atoms with Crippen LogP contribution < -0.4 is 0 Å². The summed E-state index contributed by atoms with van der Waals surface area (Å²) in [6.45, 7) is 14.6. The van der Waals surface area contributed by atoms with Crippen LogP contribution in [0.2, 0.25) is 0 Å². The Hall–Kier alpha value is -1.31. The van der Waals surface area contributed by atoms with E-state index in [1.807, 2.05) is 12.1 Å². The Morgan fingerprint density at radius 3 is 2.03 bits per heavy atom. The maximum atomic E-state index is 13.3. The Morgan fingerprint density at radius 1 is 1.00 bits per heavy atom. The molecule has 0 heterocycles. The van der Waals surface area contributed by atoms with E-state index in [9.17, 15) is 15.0 Å². The van der Waals surface area contributed by atoms with E-state index < -0.39 is 23.8 Å². The fraction of sp³-hybridized carbons (Fsp3) is 0.741. The lowest BCUT2D eigenvalue weighted by molar-refractivity contribution is -0.257. The Morgan fingerprint density at radius 2 is 1.58 bits per heavy atom. The second-order valence-electron chi connectivity index (χ2n) is 9.70. The van der Waals surface area contributed by atoms with E-state index >= 15 is 0 Å². The van der Waals surface area contributed by atoms with Crippen molar-refractivity contribution in [2.75, 3.05) is 26.4 Å². The number of rotatable bonds is 16. The predicted molar refractivity (Wildman–Crippen MR) is 131 cm³/mol. The summed E-state index contributed by atoms with van der Waals surface area (Å²) in [5.74, 6) is -0.303. The fourth-order valence-corrected chi connectivity index (χ4v) is 3.77. The first-order valence-corrected chi connectivity index (χ1v) is 12.4. The highest BCUT2D eigenvalue weighted by Gasteiger charge is 2.52. The van der Waals surface area contributed by atoms with Crippen LogP contribution >= 0.6 is 0 Å². The van der Waals surface area contributed by atoms with Gasteiger partial charge in [0.15, 0.2) is 12.1 Å². The van der Waals surface area contributed by atoms with E-state index in [0.717, 1.165) is 31.2 Å². The number of benzene rings is 1. The molecular formula is C27H46O6. The quantitative estimate of drug-likeness (QED) is 0.335. The number of aliphatic hydroxyl groups is 2. The lowest BCUT2D eigenvalue weighted by atomic mass is 9.83.